The van der Waals surface area contributed by atoms with E-state index in [9.17, 15) is 4.79 Å². The van der Waals surface area contributed by atoms with Gasteiger partial charge in [0.2, 0.25) is 0 Å². The fraction of sp³-hybridized carbons (Fsp3) is 0.562. The van der Waals surface area contributed by atoms with E-state index >= 15 is 0 Å². The molecule has 5 heteroatoms. The molecule has 0 spiro atoms. The van der Waals surface area contributed by atoms with E-state index in [1.54, 1.807) is 0 Å². The van der Waals surface area contributed by atoms with Crippen LogP contribution < -0.4 is 0 Å². The first kappa shape index (κ1) is 15.0. The van der Waals surface area contributed by atoms with Crippen molar-refractivity contribution < 1.29 is 14.3 Å². The lowest BCUT2D eigenvalue weighted by Crippen LogP contribution is -2.44. The summed E-state index contributed by atoms with van der Waals surface area (Å²) < 4.78 is 11.3. The average Bonchev–Trinajstić information content (AvgIpc) is 2.84. The molecule has 1 aromatic carbocycles. The standard InChI is InChI=1S/C16H19BO3S/c1-10-14-15(17)20-16(10,11(2)21-14)8-13(18)19-9-12-6-4-3-5-7-12/h3-7,10-11,14-15H,8-9H2,1-2H3/t10?,11-,14-,15+,16+/m0/s1. The molecule has 0 N–H and O–H groups in total. The second kappa shape index (κ2) is 5.69. The summed E-state index contributed by atoms with van der Waals surface area (Å²) in [4.78, 5) is 12.2. The largest absolute Gasteiger partial charge is 0.461 e. The summed E-state index contributed by atoms with van der Waals surface area (Å²) in [5, 5.41) is 0.545. The summed E-state index contributed by atoms with van der Waals surface area (Å²) in [6.07, 6.45) is 0.277. The summed E-state index contributed by atoms with van der Waals surface area (Å²) in [6, 6.07) is 9.42. The summed E-state index contributed by atoms with van der Waals surface area (Å²) in [6.45, 7) is 4.54. The number of hydrogen-bond acceptors (Lipinski definition) is 4. The molecule has 2 saturated heterocycles. The fourth-order valence-corrected chi connectivity index (χ4v) is 5.10. The topological polar surface area (TPSA) is 35.5 Å². The summed E-state index contributed by atoms with van der Waals surface area (Å²) in [7, 11) is 6.00. The predicted octanol–water partition coefficient (Wildman–Crippen LogP) is 2.52. The zero-order valence-corrected chi connectivity index (χ0v) is 13.1. The maximum atomic E-state index is 12.2. The van der Waals surface area contributed by atoms with Gasteiger partial charge in [-0.15, -0.1) is 0 Å². The molecular formula is C16H19BO3S. The SMILES string of the molecule is [B][C@@H]1O[C@]2(CC(=O)OCc3ccccc3)C(C)[C@@H]1S[C@H]2C. The van der Waals surface area contributed by atoms with Crippen molar-refractivity contribution in [3.05, 3.63) is 35.9 Å². The number of benzene rings is 1. The minimum atomic E-state index is -0.470. The lowest BCUT2D eigenvalue weighted by atomic mass is 9.82. The van der Waals surface area contributed by atoms with E-state index in [0.717, 1.165) is 5.56 Å². The van der Waals surface area contributed by atoms with Crippen molar-refractivity contribution in [2.24, 2.45) is 5.92 Å². The normalized spacial score (nSPS) is 37.6. The maximum Gasteiger partial charge on any atom is 0.309 e. The Hall–Kier alpha value is -0.935. The van der Waals surface area contributed by atoms with E-state index in [-0.39, 0.29) is 34.8 Å². The Morgan fingerprint density at radius 1 is 1.38 bits per heavy atom. The molecule has 21 heavy (non-hydrogen) atoms. The van der Waals surface area contributed by atoms with Gasteiger partial charge >= 0.3 is 5.97 Å². The van der Waals surface area contributed by atoms with Gasteiger partial charge in [-0.1, -0.05) is 44.2 Å². The predicted molar refractivity (Wildman–Crippen MR) is 84.2 cm³/mol. The van der Waals surface area contributed by atoms with Gasteiger partial charge in [-0.05, 0) is 5.56 Å². The number of ether oxygens (including phenoxy) is 2. The minimum absolute atomic E-state index is 0.215. The van der Waals surface area contributed by atoms with Crippen molar-refractivity contribution in [2.45, 2.75) is 49.0 Å². The monoisotopic (exact) mass is 302 g/mol. The minimum Gasteiger partial charge on any atom is -0.461 e. The van der Waals surface area contributed by atoms with Gasteiger partial charge in [-0.25, -0.2) is 0 Å². The van der Waals surface area contributed by atoms with Gasteiger partial charge < -0.3 is 9.47 Å². The molecule has 2 fully saturated rings. The van der Waals surface area contributed by atoms with Gasteiger partial charge in [-0.3, -0.25) is 4.79 Å². The van der Waals surface area contributed by atoms with Crippen LogP contribution in [0.3, 0.4) is 0 Å². The van der Waals surface area contributed by atoms with Crippen LogP contribution in [0.25, 0.3) is 0 Å². The van der Waals surface area contributed by atoms with E-state index < -0.39 is 5.60 Å². The maximum absolute atomic E-state index is 12.2. The number of fused-ring (bicyclic) bond motifs is 2. The highest BCUT2D eigenvalue weighted by Crippen LogP contribution is 2.56. The van der Waals surface area contributed by atoms with Crippen LogP contribution in [0.1, 0.15) is 25.8 Å². The third-order valence-electron chi connectivity index (χ3n) is 4.66. The van der Waals surface area contributed by atoms with Crippen molar-refractivity contribution >= 4 is 25.6 Å². The number of carbonyl (C=O) groups excluding carboxylic acids is 1. The molecule has 2 bridgehead atoms. The lowest BCUT2D eigenvalue weighted by Gasteiger charge is -2.35. The Bertz CT molecular complexity index is 524. The first-order valence-electron chi connectivity index (χ1n) is 7.31. The number of esters is 1. The molecule has 2 aliphatic rings. The molecule has 0 aromatic heterocycles. The number of rotatable bonds is 4. The molecule has 3 rings (SSSR count). The molecule has 110 valence electrons. The van der Waals surface area contributed by atoms with Gasteiger partial charge in [0.25, 0.3) is 0 Å². The number of hydrogen-bond donors (Lipinski definition) is 0. The molecule has 2 heterocycles. The molecule has 2 radical (unpaired) electrons. The smallest absolute Gasteiger partial charge is 0.309 e. The Balaban J connectivity index is 1.62. The van der Waals surface area contributed by atoms with E-state index in [0.29, 0.717) is 6.61 Å². The first-order valence-corrected chi connectivity index (χ1v) is 8.25. The van der Waals surface area contributed by atoms with Crippen molar-refractivity contribution in [1.29, 1.82) is 0 Å². The van der Waals surface area contributed by atoms with Crippen LogP contribution in [0.2, 0.25) is 0 Å². The highest BCUT2D eigenvalue weighted by Gasteiger charge is 2.61. The lowest BCUT2D eigenvalue weighted by molar-refractivity contribution is -0.153. The van der Waals surface area contributed by atoms with Crippen LogP contribution in [0.15, 0.2) is 30.3 Å². The van der Waals surface area contributed by atoms with Gasteiger partial charge in [0.05, 0.1) is 12.0 Å². The Labute approximate surface area is 131 Å². The van der Waals surface area contributed by atoms with E-state index in [1.807, 2.05) is 42.1 Å². The molecule has 1 aromatic rings. The molecule has 5 atom stereocenters. The molecule has 2 aliphatic heterocycles. The van der Waals surface area contributed by atoms with Crippen LogP contribution in [-0.4, -0.2) is 35.9 Å². The second-order valence-corrected chi connectivity index (χ2v) is 7.42. The van der Waals surface area contributed by atoms with Gasteiger partial charge in [-0.2, -0.15) is 11.8 Å². The molecule has 0 aliphatic carbocycles. The summed E-state index contributed by atoms with van der Waals surface area (Å²) in [5.74, 6) is 0.0599. The van der Waals surface area contributed by atoms with E-state index in [4.69, 9.17) is 17.3 Å². The van der Waals surface area contributed by atoms with Crippen molar-refractivity contribution in [3.8, 4) is 0 Å². The van der Waals surface area contributed by atoms with Crippen LogP contribution in [0, 0.1) is 5.92 Å². The highest BCUT2D eigenvalue weighted by molar-refractivity contribution is 8.01. The van der Waals surface area contributed by atoms with Crippen molar-refractivity contribution in [1.82, 2.24) is 0 Å². The van der Waals surface area contributed by atoms with Gasteiger partial charge in [0.15, 0.2) is 0 Å². The van der Waals surface area contributed by atoms with Crippen LogP contribution in [0.5, 0.6) is 0 Å². The molecule has 1 unspecified atom stereocenters. The number of carbonyl (C=O) groups is 1. The molecule has 3 nitrogen and oxygen atoms in total. The highest BCUT2D eigenvalue weighted by atomic mass is 32.2. The fourth-order valence-electron chi connectivity index (χ4n) is 3.36. The quantitative estimate of drug-likeness (QED) is 0.632. The third-order valence-corrected chi connectivity index (χ3v) is 6.45. The van der Waals surface area contributed by atoms with Gasteiger partial charge in [0.1, 0.15) is 14.5 Å². The summed E-state index contributed by atoms with van der Waals surface area (Å²) >= 11 is 1.83. The summed E-state index contributed by atoms with van der Waals surface area (Å²) in [5.41, 5.74) is 0.523. The van der Waals surface area contributed by atoms with Gasteiger partial charge in [0, 0.05) is 22.4 Å². The van der Waals surface area contributed by atoms with Crippen LogP contribution in [-0.2, 0) is 20.9 Å². The van der Waals surface area contributed by atoms with E-state index in [2.05, 4.69) is 13.8 Å². The third kappa shape index (κ3) is 2.62. The molecule has 0 saturated carbocycles. The van der Waals surface area contributed by atoms with Crippen LogP contribution >= 0.6 is 11.8 Å². The molecule has 0 amide bonds. The first-order chi connectivity index (χ1) is 10.0. The zero-order valence-electron chi connectivity index (χ0n) is 12.3. The average molecular weight is 302 g/mol. The Morgan fingerprint density at radius 2 is 2.10 bits per heavy atom. The second-order valence-electron chi connectivity index (χ2n) is 5.89. The molecular weight excluding hydrogens is 283 g/mol. The van der Waals surface area contributed by atoms with Crippen molar-refractivity contribution in [2.75, 3.05) is 0 Å². The van der Waals surface area contributed by atoms with Crippen molar-refractivity contribution in [3.63, 3.8) is 0 Å². The number of thioether (sulfide) groups is 1. The Morgan fingerprint density at radius 3 is 2.71 bits per heavy atom. The Kier molecular flexibility index (Phi) is 4.06. The van der Waals surface area contributed by atoms with E-state index in [1.165, 1.54) is 0 Å². The zero-order chi connectivity index (χ0) is 15.0. The van der Waals surface area contributed by atoms with Crippen LogP contribution in [0.4, 0.5) is 0 Å².